The van der Waals surface area contributed by atoms with Crippen LogP contribution in [0.5, 0.6) is 5.75 Å². The van der Waals surface area contributed by atoms with Crippen LogP contribution >= 0.6 is 0 Å². The molecule has 1 aromatic rings. The van der Waals surface area contributed by atoms with Crippen molar-refractivity contribution in [2.45, 2.75) is 47.5 Å². The highest BCUT2D eigenvalue weighted by atomic mass is 16.5. The van der Waals surface area contributed by atoms with Crippen LogP contribution in [0.25, 0.3) is 0 Å². The molecule has 0 bridgehead atoms. The molecule has 0 unspecified atom stereocenters. The third kappa shape index (κ3) is 3.86. The van der Waals surface area contributed by atoms with E-state index in [1.54, 1.807) is 0 Å². The molecular formula is C16H24O2. The van der Waals surface area contributed by atoms with Crippen molar-refractivity contribution in [3.8, 4) is 5.75 Å². The first kappa shape index (κ1) is 14.7. The molecule has 0 aliphatic carbocycles. The van der Waals surface area contributed by atoms with Gasteiger partial charge in [0.05, 0.1) is 12.2 Å². The minimum absolute atomic E-state index is 0.183. The Morgan fingerprint density at radius 1 is 1.28 bits per heavy atom. The maximum Gasteiger partial charge on any atom is 0.166 e. The van der Waals surface area contributed by atoms with Crippen LogP contribution in [0.15, 0.2) is 12.1 Å². The maximum atomic E-state index is 12.1. The Morgan fingerprint density at radius 3 is 2.50 bits per heavy atom. The lowest BCUT2D eigenvalue weighted by atomic mass is 10.00. The number of aryl methyl sites for hydroxylation is 2. The van der Waals surface area contributed by atoms with Crippen molar-refractivity contribution in [2.75, 3.05) is 6.61 Å². The Morgan fingerprint density at radius 2 is 1.94 bits per heavy atom. The van der Waals surface area contributed by atoms with Crippen LogP contribution in [-0.4, -0.2) is 12.4 Å². The van der Waals surface area contributed by atoms with Crippen LogP contribution in [-0.2, 0) is 0 Å². The molecule has 0 atom stereocenters. The summed E-state index contributed by atoms with van der Waals surface area (Å²) in [7, 11) is 0. The zero-order chi connectivity index (χ0) is 13.7. The van der Waals surface area contributed by atoms with Crippen molar-refractivity contribution in [1.29, 1.82) is 0 Å². The average Bonchev–Trinajstić information content (AvgIpc) is 2.26. The van der Waals surface area contributed by atoms with Gasteiger partial charge in [-0.05, 0) is 43.4 Å². The van der Waals surface area contributed by atoms with Crippen molar-refractivity contribution in [1.82, 2.24) is 0 Å². The fourth-order valence-corrected chi connectivity index (χ4v) is 1.96. The second-order valence-corrected chi connectivity index (χ2v) is 5.34. The average molecular weight is 248 g/mol. The third-order valence-electron chi connectivity index (χ3n) is 2.76. The van der Waals surface area contributed by atoms with Gasteiger partial charge in [0.15, 0.2) is 5.78 Å². The van der Waals surface area contributed by atoms with Gasteiger partial charge in [-0.25, -0.2) is 0 Å². The molecule has 100 valence electrons. The highest BCUT2D eigenvalue weighted by Gasteiger charge is 2.15. The normalized spacial score (nSPS) is 10.8. The molecule has 1 aromatic carbocycles. The summed E-state index contributed by atoms with van der Waals surface area (Å²) < 4.78 is 5.83. The van der Waals surface area contributed by atoms with E-state index in [9.17, 15) is 4.79 Å². The lowest BCUT2D eigenvalue weighted by molar-refractivity contribution is 0.0976. The van der Waals surface area contributed by atoms with Crippen molar-refractivity contribution >= 4 is 5.78 Å². The molecule has 0 N–H and O–H groups in total. The SMILES string of the molecule is CCCC(=O)c1cc(C)cc(C)c1OCC(C)C. The first-order valence-electron chi connectivity index (χ1n) is 6.73. The number of rotatable bonds is 6. The molecule has 2 nitrogen and oxygen atoms in total. The number of hydrogen-bond acceptors (Lipinski definition) is 2. The lowest BCUT2D eigenvalue weighted by Gasteiger charge is -2.16. The van der Waals surface area contributed by atoms with Crippen LogP contribution in [0, 0.1) is 19.8 Å². The molecule has 0 spiro atoms. The van der Waals surface area contributed by atoms with Crippen molar-refractivity contribution < 1.29 is 9.53 Å². The lowest BCUT2D eigenvalue weighted by Crippen LogP contribution is -2.10. The molecule has 0 saturated heterocycles. The molecule has 0 saturated carbocycles. The summed E-state index contributed by atoms with van der Waals surface area (Å²) in [6.45, 7) is 10.9. The number of ketones is 1. The molecular weight excluding hydrogens is 224 g/mol. The van der Waals surface area contributed by atoms with Crippen LogP contribution < -0.4 is 4.74 Å². The predicted octanol–water partition coefficient (Wildman–Crippen LogP) is 4.32. The van der Waals surface area contributed by atoms with Gasteiger partial charge in [-0.15, -0.1) is 0 Å². The minimum atomic E-state index is 0.183. The summed E-state index contributed by atoms with van der Waals surface area (Å²) in [6, 6.07) is 4.01. The van der Waals surface area contributed by atoms with Gasteiger partial charge in [-0.3, -0.25) is 4.79 Å². The largest absolute Gasteiger partial charge is 0.492 e. The van der Waals surface area contributed by atoms with Gasteiger partial charge in [0, 0.05) is 6.42 Å². The van der Waals surface area contributed by atoms with Gasteiger partial charge in [-0.1, -0.05) is 26.8 Å². The molecule has 0 aromatic heterocycles. The summed E-state index contributed by atoms with van der Waals surface area (Å²) in [5, 5.41) is 0. The molecule has 2 heteroatoms. The van der Waals surface area contributed by atoms with E-state index in [1.165, 1.54) is 0 Å². The standard InChI is InChI=1S/C16H24O2/c1-6-7-15(17)14-9-12(4)8-13(5)16(14)18-10-11(2)3/h8-9,11H,6-7,10H2,1-5H3. The Kier molecular flexibility index (Phi) is 5.39. The quantitative estimate of drug-likeness (QED) is 0.701. The van der Waals surface area contributed by atoms with Gasteiger partial charge in [0.1, 0.15) is 5.75 Å². The zero-order valence-corrected chi connectivity index (χ0v) is 12.2. The van der Waals surface area contributed by atoms with E-state index >= 15 is 0 Å². The van der Waals surface area contributed by atoms with E-state index in [4.69, 9.17) is 4.74 Å². The number of carbonyl (C=O) groups is 1. The molecule has 1 rings (SSSR count). The highest BCUT2D eigenvalue weighted by molar-refractivity contribution is 5.99. The van der Waals surface area contributed by atoms with Crippen LogP contribution in [0.1, 0.15) is 55.1 Å². The second-order valence-electron chi connectivity index (χ2n) is 5.34. The first-order chi connectivity index (χ1) is 8.45. The van der Waals surface area contributed by atoms with E-state index in [0.29, 0.717) is 18.9 Å². The summed E-state index contributed by atoms with van der Waals surface area (Å²) in [5.74, 6) is 1.41. The molecule has 0 amide bonds. The zero-order valence-electron chi connectivity index (χ0n) is 12.2. The third-order valence-corrected chi connectivity index (χ3v) is 2.76. The molecule has 0 aliphatic heterocycles. The van der Waals surface area contributed by atoms with Crippen LogP contribution in [0.3, 0.4) is 0 Å². The summed E-state index contributed by atoms with van der Waals surface area (Å²) >= 11 is 0. The van der Waals surface area contributed by atoms with Crippen LogP contribution in [0.2, 0.25) is 0 Å². The Labute approximate surface area is 110 Å². The fourth-order valence-electron chi connectivity index (χ4n) is 1.96. The number of benzene rings is 1. The second kappa shape index (κ2) is 6.58. The van der Waals surface area contributed by atoms with Gasteiger partial charge in [0.25, 0.3) is 0 Å². The van der Waals surface area contributed by atoms with Crippen molar-refractivity contribution in [3.63, 3.8) is 0 Å². The topological polar surface area (TPSA) is 26.3 Å². The predicted molar refractivity (Wildman–Crippen MR) is 75.5 cm³/mol. The smallest absolute Gasteiger partial charge is 0.166 e. The highest BCUT2D eigenvalue weighted by Crippen LogP contribution is 2.27. The van der Waals surface area contributed by atoms with Gasteiger partial charge in [0.2, 0.25) is 0 Å². The molecule has 0 aliphatic rings. The van der Waals surface area contributed by atoms with Crippen molar-refractivity contribution in [2.24, 2.45) is 5.92 Å². The molecule has 18 heavy (non-hydrogen) atoms. The van der Waals surface area contributed by atoms with E-state index in [-0.39, 0.29) is 5.78 Å². The number of carbonyl (C=O) groups excluding carboxylic acids is 1. The summed E-state index contributed by atoms with van der Waals surface area (Å²) in [4.78, 5) is 12.1. The van der Waals surface area contributed by atoms with Gasteiger partial charge < -0.3 is 4.74 Å². The Bertz CT molecular complexity index is 419. The van der Waals surface area contributed by atoms with Crippen molar-refractivity contribution in [3.05, 3.63) is 28.8 Å². The number of hydrogen-bond donors (Lipinski definition) is 0. The van der Waals surface area contributed by atoms with E-state index < -0.39 is 0 Å². The summed E-state index contributed by atoms with van der Waals surface area (Å²) in [5.41, 5.74) is 2.91. The summed E-state index contributed by atoms with van der Waals surface area (Å²) in [6.07, 6.45) is 1.45. The Balaban J connectivity index is 3.08. The van der Waals surface area contributed by atoms with E-state index in [1.807, 2.05) is 26.8 Å². The number of ether oxygens (including phenoxy) is 1. The first-order valence-corrected chi connectivity index (χ1v) is 6.73. The monoisotopic (exact) mass is 248 g/mol. The molecule has 0 radical (unpaired) electrons. The van der Waals surface area contributed by atoms with Gasteiger partial charge in [-0.2, -0.15) is 0 Å². The van der Waals surface area contributed by atoms with E-state index in [2.05, 4.69) is 19.9 Å². The fraction of sp³-hybridized carbons (Fsp3) is 0.562. The number of Topliss-reactive ketones (excluding diaryl/α,β-unsaturated/α-hetero) is 1. The van der Waals surface area contributed by atoms with E-state index in [0.717, 1.165) is 28.9 Å². The molecule has 0 fully saturated rings. The molecule has 0 heterocycles. The Hall–Kier alpha value is -1.31. The van der Waals surface area contributed by atoms with Crippen LogP contribution in [0.4, 0.5) is 0 Å². The van der Waals surface area contributed by atoms with Gasteiger partial charge >= 0.3 is 0 Å². The maximum absolute atomic E-state index is 12.1. The minimum Gasteiger partial charge on any atom is -0.492 e.